The van der Waals surface area contributed by atoms with Gasteiger partial charge in [-0.1, -0.05) is 5.16 Å². The quantitative estimate of drug-likeness (QED) is 0.824. The molecule has 6 heteroatoms. The summed E-state index contributed by atoms with van der Waals surface area (Å²) in [6, 6.07) is 3.34. The predicted molar refractivity (Wildman–Crippen MR) is 99.0 cm³/mol. The van der Waals surface area contributed by atoms with Crippen molar-refractivity contribution in [3.8, 4) is 0 Å². The molecule has 6 nitrogen and oxygen atoms in total. The highest BCUT2D eigenvalue weighted by molar-refractivity contribution is 5.41. The number of hydrogen-bond donors (Lipinski definition) is 0. The van der Waals surface area contributed by atoms with Gasteiger partial charge in [0.1, 0.15) is 23.6 Å². The van der Waals surface area contributed by atoms with E-state index in [0.717, 1.165) is 44.1 Å². The molecule has 0 amide bonds. The average molecular weight is 353 g/mol. The van der Waals surface area contributed by atoms with Gasteiger partial charge in [-0.3, -0.25) is 4.90 Å². The molecular formula is C20H27N5O. The van der Waals surface area contributed by atoms with E-state index in [9.17, 15) is 0 Å². The number of aryl methyl sites for hydroxylation is 1. The summed E-state index contributed by atoms with van der Waals surface area (Å²) in [5.74, 6) is 2.25. The SMILES string of the molecule is c1cc(N(C2CC2)C2CCN(Cc3noc4c3CCCC4)CC2)ncn1. The second-order valence-corrected chi connectivity index (χ2v) is 7.95. The Morgan fingerprint density at radius 2 is 1.88 bits per heavy atom. The number of nitrogens with zero attached hydrogens (tertiary/aromatic N) is 5. The zero-order valence-corrected chi connectivity index (χ0v) is 15.3. The molecule has 3 heterocycles. The Kier molecular flexibility index (Phi) is 4.36. The van der Waals surface area contributed by atoms with Crippen LogP contribution in [0.25, 0.3) is 0 Å². The van der Waals surface area contributed by atoms with Crippen LogP contribution in [0.3, 0.4) is 0 Å². The molecule has 0 N–H and O–H groups in total. The van der Waals surface area contributed by atoms with E-state index >= 15 is 0 Å². The first kappa shape index (κ1) is 16.2. The first-order valence-electron chi connectivity index (χ1n) is 10.1. The standard InChI is InChI=1S/C20H27N5O/c1-2-4-19-17(3-1)18(23-26-19)13-24-11-8-16(9-12-24)25(15-5-6-15)20-7-10-21-14-22-20/h7,10,14-16H,1-6,8-9,11-13H2. The smallest absolute Gasteiger partial charge is 0.140 e. The topological polar surface area (TPSA) is 58.3 Å². The van der Waals surface area contributed by atoms with Crippen LogP contribution in [0, 0.1) is 0 Å². The second kappa shape index (κ2) is 6.99. The van der Waals surface area contributed by atoms with Crippen molar-refractivity contribution >= 4 is 5.82 Å². The Bertz CT molecular complexity index is 734. The molecule has 1 saturated heterocycles. The van der Waals surface area contributed by atoms with E-state index in [1.54, 1.807) is 6.33 Å². The summed E-state index contributed by atoms with van der Waals surface area (Å²) in [6.45, 7) is 3.20. The molecule has 5 rings (SSSR count). The maximum absolute atomic E-state index is 5.59. The number of piperidine rings is 1. The van der Waals surface area contributed by atoms with Crippen molar-refractivity contribution in [3.05, 3.63) is 35.6 Å². The van der Waals surface area contributed by atoms with Gasteiger partial charge in [-0.2, -0.15) is 0 Å². The number of likely N-dealkylation sites (tertiary alicyclic amines) is 1. The maximum atomic E-state index is 5.59. The van der Waals surface area contributed by atoms with Crippen LogP contribution in [0.2, 0.25) is 0 Å². The van der Waals surface area contributed by atoms with Gasteiger partial charge in [-0.15, -0.1) is 0 Å². The summed E-state index contributed by atoms with van der Waals surface area (Å²) in [5, 5.41) is 4.39. The first-order valence-corrected chi connectivity index (χ1v) is 10.1. The number of rotatable bonds is 5. The summed E-state index contributed by atoms with van der Waals surface area (Å²) in [4.78, 5) is 13.7. The summed E-state index contributed by atoms with van der Waals surface area (Å²) in [5.41, 5.74) is 2.59. The maximum Gasteiger partial charge on any atom is 0.140 e. The molecule has 2 aromatic heterocycles. The van der Waals surface area contributed by atoms with Crippen molar-refractivity contribution in [1.82, 2.24) is 20.0 Å². The van der Waals surface area contributed by atoms with Gasteiger partial charge in [0.05, 0.1) is 0 Å². The van der Waals surface area contributed by atoms with Crippen molar-refractivity contribution in [2.45, 2.75) is 70.0 Å². The normalized spacial score (nSPS) is 21.5. The lowest BCUT2D eigenvalue weighted by Gasteiger charge is -2.39. The third-order valence-corrected chi connectivity index (χ3v) is 6.13. The summed E-state index contributed by atoms with van der Waals surface area (Å²) >= 11 is 0. The van der Waals surface area contributed by atoms with Gasteiger partial charge in [0, 0.05) is 49.9 Å². The molecule has 1 aliphatic heterocycles. The largest absolute Gasteiger partial charge is 0.361 e. The zero-order valence-electron chi connectivity index (χ0n) is 15.3. The van der Waals surface area contributed by atoms with E-state index in [-0.39, 0.29) is 0 Å². The lowest BCUT2D eigenvalue weighted by atomic mass is 9.96. The van der Waals surface area contributed by atoms with Crippen molar-refractivity contribution in [1.29, 1.82) is 0 Å². The van der Waals surface area contributed by atoms with Gasteiger partial charge in [-0.25, -0.2) is 9.97 Å². The highest BCUT2D eigenvalue weighted by Crippen LogP contribution is 2.35. The van der Waals surface area contributed by atoms with Gasteiger partial charge in [-0.05, 0) is 51.0 Å². The fourth-order valence-electron chi connectivity index (χ4n) is 4.60. The van der Waals surface area contributed by atoms with Crippen molar-refractivity contribution < 1.29 is 4.52 Å². The fourth-order valence-corrected chi connectivity index (χ4v) is 4.60. The van der Waals surface area contributed by atoms with Crippen molar-refractivity contribution in [2.75, 3.05) is 18.0 Å². The third kappa shape index (κ3) is 3.22. The molecule has 3 aliphatic rings. The Labute approximate surface area is 154 Å². The number of anilines is 1. The molecule has 0 unspecified atom stereocenters. The first-order chi connectivity index (χ1) is 12.9. The summed E-state index contributed by atoms with van der Waals surface area (Å²) < 4.78 is 5.59. The van der Waals surface area contributed by atoms with Gasteiger partial charge >= 0.3 is 0 Å². The minimum absolute atomic E-state index is 0.597. The third-order valence-electron chi connectivity index (χ3n) is 6.13. The van der Waals surface area contributed by atoms with E-state index in [1.807, 2.05) is 6.20 Å². The Morgan fingerprint density at radius 3 is 2.65 bits per heavy atom. The van der Waals surface area contributed by atoms with Crippen LogP contribution in [0.4, 0.5) is 5.82 Å². The Balaban J connectivity index is 1.23. The highest BCUT2D eigenvalue weighted by atomic mass is 16.5. The molecule has 0 bridgehead atoms. The van der Waals surface area contributed by atoms with Crippen LogP contribution in [-0.4, -0.2) is 45.2 Å². The molecule has 2 aromatic rings. The van der Waals surface area contributed by atoms with Crippen LogP contribution in [0.1, 0.15) is 55.5 Å². The summed E-state index contributed by atoms with van der Waals surface area (Å²) in [7, 11) is 0. The minimum atomic E-state index is 0.597. The molecule has 0 radical (unpaired) electrons. The van der Waals surface area contributed by atoms with Crippen molar-refractivity contribution in [3.63, 3.8) is 0 Å². The van der Waals surface area contributed by atoms with Crippen LogP contribution in [0.5, 0.6) is 0 Å². The molecule has 138 valence electrons. The Morgan fingerprint density at radius 1 is 1.08 bits per heavy atom. The molecule has 2 fully saturated rings. The molecule has 0 aromatic carbocycles. The molecule has 26 heavy (non-hydrogen) atoms. The van der Waals surface area contributed by atoms with Gasteiger partial charge in [0.2, 0.25) is 0 Å². The van der Waals surface area contributed by atoms with E-state index in [2.05, 4.69) is 31.0 Å². The monoisotopic (exact) mass is 353 g/mol. The van der Waals surface area contributed by atoms with Gasteiger partial charge in [0.15, 0.2) is 0 Å². The second-order valence-electron chi connectivity index (χ2n) is 7.95. The van der Waals surface area contributed by atoms with E-state index in [0.29, 0.717) is 12.1 Å². The predicted octanol–water partition coefficient (Wildman–Crippen LogP) is 2.98. The molecule has 0 spiro atoms. The minimum Gasteiger partial charge on any atom is -0.361 e. The number of fused-ring (bicyclic) bond motifs is 1. The number of aromatic nitrogens is 3. The van der Waals surface area contributed by atoms with Crippen LogP contribution in [0.15, 0.2) is 23.1 Å². The van der Waals surface area contributed by atoms with Crippen LogP contribution >= 0.6 is 0 Å². The lowest BCUT2D eigenvalue weighted by molar-refractivity contribution is 0.195. The van der Waals surface area contributed by atoms with E-state index in [1.165, 1.54) is 49.8 Å². The van der Waals surface area contributed by atoms with E-state index < -0.39 is 0 Å². The van der Waals surface area contributed by atoms with Gasteiger partial charge in [0.25, 0.3) is 0 Å². The van der Waals surface area contributed by atoms with E-state index in [4.69, 9.17) is 4.52 Å². The van der Waals surface area contributed by atoms with Gasteiger partial charge < -0.3 is 9.42 Å². The lowest BCUT2D eigenvalue weighted by Crippen LogP contribution is -2.46. The average Bonchev–Trinajstić information content (AvgIpc) is 3.45. The Hall–Kier alpha value is -1.95. The molecular weight excluding hydrogens is 326 g/mol. The molecule has 0 atom stereocenters. The summed E-state index contributed by atoms with van der Waals surface area (Å²) in [6.07, 6.45) is 13.3. The highest BCUT2D eigenvalue weighted by Gasteiger charge is 2.36. The zero-order chi connectivity index (χ0) is 17.3. The molecule has 1 saturated carbocycles. The molecule has 2 aliphatic carbocycles. The van der Waals surface area contributed by atoms with Crippen LogP contribution < -0.4 is 4.90 Å². The van der Waals surface area contributed by atoms with Crippen molar-refractivity contribution in [2.24, 2.45) is 0 Å². The number of hydrogen-bond acceptors (Lipinski definition) is 6. The fraction of sp³-hybridized carbons (Fsp3) is 0.650. The van der Waals surface area contributed by atoms with Crippen LogP contribution in [-0.2, 0) is 19.4 Å².